The lowest BCUT2D eigenvalue weighted by Gasteiger charge is -2.14. The largest absolute Gasteiger partial charge is 0.381 e. The standard InChI is InChI=1S/C16H14N2O/c17-15-11-14(19-18-15)16(12-7-3-1-4-8-12)13-9-5-2-6-10-13/h1-11,16H,(H2,17,18). The molecule has 0 radical (unpaired) electrons. The lowest BCUT2D eigenvalue weighted by Crippen LogP contribution is -2.01. The van der Waals surface area contributed by atoms with E-state index < -0.39 is 0 Å². The van der Waals surface area contributed by atoms with Gasteiger partial charge in [-0.2, -0.15) is 0 Å². The summed E-state index contributed by atoms with van der Waals surface area (Å²) in [6.07, 6.45) is 0. The molecule has 2 N–H and O–H groups in total. The number of nitrogen functional groups attached to an aromatic ring is 1. The highest BCUT2D eigenvalue weighted by Gasteiger charge is 2.20. The van der Waals surface area contributed by atoms with Crippen molar-refractivity contribution < 1.29 is 4.52 Å². The molecule has 0 amide bonds. The van der Waals surface area contributed by atoms with Gasteiger partial charge in [-0.3, -0.25) is 0 Å². The third kappa shape index (κ3) is 2.36. The van der Waals surface area contributed by atoms with Crippen molar-refractivity contribution in [1.29, 1.82) is 0 Å². The Labute approximate surface area is 111 Å². The summed E-state index contributed by atoms with van der Waals surface area (Å²) in [4.78, 5) is 0. The van der Waals surface area contributed by atoms with Crippen molar-refractivity contribution in [2.45, 2.75) is 5.92 Å². The smallest absolute Gasteiger partial charge is 0.167 e. The van der Waals surface area contributed by atoms with E-state index in [2.05, 4.69) is 29.4 Å². The van der Waals surface area contributed by atoms with Crippen LogP contribution in [0.1, 0.15) is 22.8 Å². The van der Waals surface area contributed by atoms with Gasteiger partial charge in [0.25, 0.3) is 0 Å². The number of aromatic nitrogens is 1. The van der Waals surface area contributed by atoms with Crippen LogP contribution in [-0.2, 0) is 0 Å². The Hall–Kier alpha value is -2.55. The van der Waals surface area contributed by atoms with Crippen LogP contribution in [0.4, 0.5) is 5.82 Å². The molecule has 3 rings (SSSR count). The SMILES string of the molecule is Nc1cc(C(c2ccccc2)c2ccccc2)on1. The molecule has 0 aliphatic rings. The van der Waals surface area contributed by atoms with Crippen molar-refractivity contribution >= 4 is 5.82 Å². The van der Waals surface area contributed by atoms with Crippen molar-refractivity contribution in [1.82, 2.24) is 5.16 Å². The molecule has 3 nitrogen and oxygen atoms in total. The number of benzene rings is 2. The van der Waals surface area contributed by atoms with Crippen LogP contribution in [0.15, 0.2) is 71.3 Å². The van der Waals surface area contributed by atoms with E-state index in [1.165, 1.54) is 0 Å². The van der Waals surface area contributed by atoms with Crippen molar-refractivity contribution in [3.05, 3.63) is 83.6 Å². The van der Waals surface area contributed by atoms with Gasteiger partial charge in [-0.05, 0) is 11.1 Å². The van der Waals surface area contributed by atoms with Crippen LogP contribution in [0, 0.1) is 0 Å². The molecule has 0 fully saturated rings. The Kier molecular flexibility index (Phi) is 3.02. The third-order valence-electron chi connectivity index (χ3n) is 3.10. The molecule has 1 heterocycles. The number of nitrogens with zero attached hydrogens (tertiary/aromatic N) is 1. The van der Waals surface area contributed by atoms with E-state index in [4.69, 9.17) is 10.3 Å². The first-order valence-corrected chi connectivity index (χ1v) is 6.16. The van der Waals surface area contributed by atoms with Gasteiger partial charge in [-0.15, -0.1) is 0 Å². The molecule has 0 saturated carbocycles. The average molecular weight is 250 g/mol. The molecule has 2 aromatic carbocycles. The molecular weight excluding hydrogens is 236 g/mol. The highest BCUT2D eigenvalue weighted by Crippen LogP contribution is 2.32. The Morgan fingerprint density at radius 1 is 0.842 bits per heavy atom. The van der Waals surface area contributed by atoms with Crippen molar-refractivity contribution in [3.63, 3.8) is 0 Å². The van der Waals surface area contributed by atoms with E-state index in [9.17, 15) is 0 Å². The van der Waals surface area contributed by atoms with Crippen molar-refractivity contribution in [2.75, 3.05) is 5.73 Å². The molecule has 0 aliphatic heterocycles. The number of rotatable bonds is 3. The summed E-state index contributed by atoms with van der Waals surface area (Å²) in [6.45, 7) is 0. The fraction of sp³-hybridized carbons (Fsp3) is 0.0625. The van der Waals surface area contributed by atoms with Crippen LogP contribution in [0.3, 0.4) is 0 Å². The lowest BCUT2D eigenvalue weighted by atomic mass is 9.89. The minimum Gasteiger partial charge on any atom is -0.381 e. The minimum absolute atomic E-state index is 0.0206. The van der Waals surface area contributed by atoms with Crippen LogP contribution in [0.25, 0.3) is 0 Å². The Morgan fingerprint density at radius 3 is 1.79 bits per heavy atom. The molecule has 19 heavy (non-hydrogen) atoms. The summed E-state index contributed by atoms with van der Waals surface area (Å²) >= 11 is 0. The molecule has 0 atom stereocenters. The summed E-state index contributed by atoms with van der Waals surface area (Å²) in [5, 5.41) is 3.79. The number of hydrogen-bond acceptors (Lipinski definition) is 3. The van der Waals surface area contributed by atoms with Crippen molar-refractivity contribution in [3.8, 4) is 0 Å². The first-order chi connectivity index (χ1) is 9.34. The summed E-state index contributed by atoms with van der Waals surface area (Å²) in [7, 11) is 0. The number of hydrogen-bond donors (Lipinski definition) is 1. The average Bonchev–Trinajstić information content (AvgIpc) is 2.88. The molecule has 0 spiro atoms. The highest BCUT2D eigenvalue weighted by atomic mass is 16.5. The Morgan fingerprint density at radius 2 is 1.37 bits per heavy atom. The van der Waals surface area contributed by atoms with E-state index in [0.717, 1.165) is 16.9 Å². The molecule has 3 aromatic rings. The maximum atomic E-state index is 5.67. The van der Waals surface area contributed by atoms with Gasteiger partial charge in [-0.25, -0.2) is 0 Å². The second-order valence-corrected chi connectivity index (χ2v) is 4.41. The second-order valence-electron chi connectivity index (χ2n) is 4.41. The molecular formula is C16H14N2O. The van der Waals surface area contributed by atoms with Gasteiger partial charge in [0.05, 0.1) is 5.92 Å². The molecule has 0 bridgehead atoms. The highest BCUT2D eigenvalue weighted by molar-refractivity contribution is 5.42. The number of nitrogens with two attached hydrogens (primary N) is 1. The third-order valence-corrected chi connectivity index (χ3v) is 3.10. The zero-order valence-corrected chi connectivity index (χ0v) is 10.4. The van der Waals surface area contributed by atoms with E-state index in [-0.39, 0.29) is 5.92 Å². The quantitative estimate of drug-likeness (QED) is 0.774. The summed E-state index contributed by atoms with van der Waals surface area (Å²) in [6, 6.07) is 22.2. The zero-order valence-electron chi connectivity index (χ0n) is 10.4. The van der Waals surface area contributed by atoms with Gasteiger partial charge in [0.15, 0.2) is 11.6 Å². The van der Waals surface area contributed by atoms with Crippen LogP contribution in [0.2, 0.25) is 0 Å². The summed E-state index contributed by atoms with van der Waals surface area (Å²) < 4.78 is 5.36. The fourth-order valence-electron chi connectivity index (χ4n) is 2.25. The fourth-order valence-corrected chi connectivity index (χ4v) is 2.25. The lowest BCUT2D eigenvalue weighted by molar-refractivity contribution is 0.382. The van der Waals surface area contributed by atoms with E-state index in [0.29, 0.717) is 5.82 Å². The van der Waals surface area contributed by atoms with Crippen molar-refractivity contribution in [2.24, 2.45) is 0 Å². The van der Waals surface area contributed by atoms with Gasteiger partial charge >= 0.3 is 0 Å². The topological polar surface area (TPSA) is 52.0 Å². The van der Waals surface area contributed by atoms with Crippen LogP contribution in [-0.4, -0.2) is 5.16 Å². The normalized spacial score (nSPS) is 10.8. The van der Waals surface area contributed by atoms with Gasteiger partial charge in [0.1, 0.15) is 0 Å². The number of anilines is 1. The monoisotopic (exact) mass is 250 g/mol. The summed E-state index contributed by atoms with van der Waals surface area (Å²) in [5.41, 5.74) is 7.98. The van der Waals surface area contributed by atoms with Crippen LogP contribution >= 0.6 is 0 Å². The molecule has 0 unspecified atom stereocenters. The van der Waals surface area contributed by atoms with Gasteiger partial charge in [0.2, 0.25) is 0 Å². The van der Waals surface area contributed by atoms with Crippen LogP contribution < -0.4 is 5.73 Å². The second kappa shape index (κ2) is 4.98. The van der Waals surface area contributed by atoms with Gasteiger partial charge in [-0.1, -0.05) is 65.8 Å². The zero-order chi connectivity index (χ0) is 13.1. The van der Waals surface area contributed by atoms with Crippen LogP contribution in [0.5, 0.6) is 0 Å². The molecule has 94 valence electrons. The molecule has 0 saturated heterocycles. The van der Waals surface area contributed by atoms with Gasteiger partial charge in [0, 0.05) is 6.07 Å². The molecule has 0 aliphatic carbocycles. The minimum atomic E-state index is 0.0206. The summed E-state index contributed by atoms with van der Waals surface area (Å²) in [5.74, 6) is 1.19. The van der Waals surface area contributed by atoms with E-state index >= 15 is 0 Å². The molecule has 1 aromatic heterocycles. The first-order valence-electron chi connectivity index (χ1n) is 6.16. The predicted octanol–water partition coefficient (Wildman–Crippen LogP) is 3.44. The maximum absolute atomic E-state index is 5.67. The molecule has 3 heteroatoms. The first kappa shape index (κ1) is 11.5. The van der Waals surface area contributed by atoms with E-state index in [1.807, 2.05) is 36.4 Å². The predicted molar refractivity (Wildman–Crippen MR) is 74.7 cm³/mol. The van der Waals surface area contributed by atoms with E-state index in [1.54, 1.807) is 6.07 Å². The Balaban J connectivity index is 2.11. The van der Waals surface area contributed by atoms with Gasteiger partial charge < -0.3 is 10.3 Å². The Bertz CT molecular complexity index is 607. The maximum Gasteiger partial charge on any atom is 0.167 e.